The molecule has 1 aliphatic heterocycles. The van der Waals surface area contributed by atoms with Gasteiger partial charge in [0.15, 0.2) is 5.78 Å². The van der Waals surface area contributed by atoms with Crippen LogP contribution in [0.1, 0.15) is 36.5 Å². The number of Topliss-reactive ketones (excluding diaryl/α,β-unsaturated/α-hetero) is 1. The summed E-state index contributed by atoms with van der Waals surface area (Å²) in [5.41, 5.74) is 4.06. The Balaban J connectivity index is 1.60. The van der Waals surface area contributed by atoms with Crippen molar-refractivity contribution in [3.8, 4) is 0 Å². The van der Waals surface area contributed by atoms with E-state index < -0.39 is 0 Å². The number of carbonyl (C=O) groups excluding carboxylic acids is 1. The van der Waals surface area contributed by atoms with E-state index in [1.165, 1.54) is 30.4 Å². The number of nitrogens with zero attached hydrogens (tertiary/aromatic N) is 1. The second-order valence-electron chi connectivity index (χ2n) is 6.26. The summed E-state index contributed by atoms with van der Waals surface area (Å²) in [6.45, 7) is 5.64. The number of aryl methyl sites for hydroxylation is 2. The summed E-state index contributed by atoms with van der Waals surface area (Å²) < 4.78 is 5.69. The molecule has 21 heavy (non-hydrogen) atoms. The minimum atomic E-state index is -0.237. The molecule has 1 heterocycles. The van der Waals surface area contributed by atoms with Crippen molar-refractivity contribution in [2.24, 2.45) is 0 Å². The van der Waals surface area contributed by atoms with Gasteiger partial charge in [-0.3, -0.25) is 9.69 Å². The average molecular weight is 287 g/mol. The smallest absolute Gasteiger partial charge is 0.167 e. The third-order valence-corrected chi connectivity index (χ3v) is 4.59. The summed E-state index contributed by atoms with van der Waals surface area (Å²) in [7, 11) is 0. The van der Waals surface area contributed by atoms with Crippen LogP contribution in [0.15, 0.2) is 18.2 Å². The predicted molar refractivity (Wildman–Crippen MR) is 83.6 cm³/mol. The number of hydrogen-bond donors (Lipinski definition) is 0. The molecule has 1 aromatic carbocycles. The van der Waals surface area contributed by atoms with Gasteiger partial charge in [0.1, 0.15) is 6.10 Å². The number of morpholine rings is 1. The van der Waals surface area contributed by atoms with Gasteiger partial charge in [-0.2, -0.15) is 0 Å². The minimum Gasteiger partial charge on any atom is -0.368 e. The molecule has 1 aliphatic carbocycles. The Morgan fingerprint density at radius 2 is 2.19 bits per heavy atom. The fourth-order valence-corrected chi connectivity index (χ4v) is 3.47. The van der Waals surface area contributed by atoms with Crippen LogP contribution in [0.25, 0.3) is 0 Å². The lowest BCUT2D eigenvalue weighted by Crippen LogP contribution is -2.46. The van der Waals surface area contributed by atoms with E-state index in [9.17, 15) is 4.79 Å². The Morgan fingerprint density at radius 3 is 3.05 bits per heavy atom. The third-order valence-electron chi connectivity index (χ3n) is 4.59. The van der Waals surface area contributed by atoms with E-state index in [2.05, 4.69) is 30.0 Å². The van der Waals surface area contributed by atoms with Gasteiger partial charge < -0.3 is 4.74 Å². The maximum atomic E-state index is 12.5. The molecule has 2 aliphatic rings. The summed E-state index contributed by atoms with van der Waals surface area (Å²) in [6, 6.07) is 6.55. The molecule has 3 rings (SSSR count). The van der Waals surface area contributed by atoms with Crippen LogP contribution in [0, 0.1) is 0 Å². The molecule has 0 amide bonds. The molecule has 1 saturated heterocycles. The first-order valence-electron chi connectivity index (χ1n) is 8.23. The number of carbonyl (C=O) groups is 1. The van der Waals surface area contributed by atoms with E-state index in [-0.39, 0.29) is 11.9 Å². The van der Waals surface area contributed by atoms with Crippen LogP contribution in [0.5, 0.6) is 0 Å². The molecule has 1 unspecified atom stereocenters. The van der Waals surface area contributed by atoms with E-state index in [0.29, 0.717) is 13.0 Å². The van der Waals surface area contributed by atoms with Crippen molar-refractivity contribution in [3.05, 3.63) is 34.9 Å². The SMILES string of the molecule is CCCN1CCOC(C(=O)Cc2ccc3c(c2)CCC3)C1. The second-order valence-corrected chi connectivity index (χ2v) is 6.26. The minimum absolute atomic E-state index is 0.230. The van der Waals surface area contributed by atoms with Crippen LogP contribution in [-0.2, 0) is 28.8 Å². The predicted octanol–water partition coefficient (Wildman–Crippen LogP) is 2.40. The molecule has 3 nitrogen and oxygen atoms in total. The van der Waals surface area contributed by atoms with Crippen molar-refractivity contribution in [2.45, 2.75) is 45.1 Å². The van der Waals surface area contributed by atoms with E-state index in [0.717, 1.165) is 31.6 Å². The van der Waals surface area contributed by atoms with E-state index in [1.54, 1.807) is 0 Å². The number of fused-ring (bicyclic) bond motifs is 1. The fraction of sp³-hybridized carbons (Fsp3) is 0.611. The molecule has 0 N–H and O–H groups in total. The number of ether oxygens (including phenoxy) is 1. The van der Waals surface area contributed by atoms with Crippen LogP contribution in [-0.4, -0.2) is 43.0 Å². The maximum Gasteiger partial charge on any atom is 0.167 e. The molecule has 114 valence electrons. The molecule has 1 aromatic rings. The van der Waals surface area contributed by atoms with Gasteiger partial charge in [-0.25, -0.2) is 0 Å². The lowest BCUT2D eigenvalue weighted by atomic mass is 10.00. The maximum absolute atomic E-state index is 12.5. The Kier molecular flexibility index (Phi) is 4.71. The number of hydrogen-bond acceptors (Lipinski definition) is 3. The van der Waals surface area contributed by atoms with Crippen LogP contribution < -0.4 is 0 Å². The van der Waals surface area contributed by atoms with Crippen molar-refractivity contribution in [3.63, 3.8) is 0 Å². The first-order chi connectivity index (χ1) is 10.3. The van der Waals surface area contributed by atoms with E-state index in [4.69, 9.17) is 4.74 Å². The Morgan fingerprint density at radius 1 is 1.33 bits per heavy atom. The van der Waals surface area contributed by atoms with Crippen molar-refractivity contribution in [1.29, 1.82) is 0 Å². The largest absolute Gasteiger partial charge is 0.368 e. The van der Waals surface area contributed by atoms with Gasteiger partial charge in [0.2, 0.25) is 0 Å². The molecular weight excluding hydrogens is 262 g/mol. The number of benzene rings is 1. The van der Waals surface area contributed by atoms with Crippen molar-refractivity contribution in [1.82, 2.24) is 4.90 Å². The van der Waals surface area contributed by atoms with Crippen molar-refractivity contribution in [2.75, 3.05) is 26.2 Å². The van der Waals surface area contributed by atoms with Gasteiger partial charge in [-0.15, -0.1) is 0 Å². The number of ketones is 1. The summed E-state index contributed by atoms with van der Waals surface area (Å²) in [5.74, 6) is 0.230. The standard InChI is InChI=1S/C18H25NO2/c1-2-8-19-9-10-21-18(13-19)17(20)12-14-6-7-15-4-3-5-16(15)11-14/h6-7,11,18H,2-5,8-10,12-13H2,1H3. The molecule has 0 spiro atoms. The van der Waals surface area contributed by atoms with Crippen LogP contribution in [0.2, 0.25) is 0 Å². The van der Waals surface area contributed by atoms with Gasteiger partial charge in [0.25, 0.3) is 0 Å². The van der Waals surface area contributed by atoms with E-state index in [1.807, 2.05) is 0 Å². The Labute approximate surface area is 127 Å². The highest BCUT2D eigenvalue weighted by atomic mass is 16.5. The molecule has 0 bridgehead atoms. The Bertz CT molecular complexity index is 510. The second kappa shape index (κ2) is 6.71. The third kappa shape index (κ3) is 3.53. The monoisotopic (exact) mass is 287 g/mol. The summed E-state index contributed by atoms with van der Waals surface area (Å²) in [4.78, 5) is 14.8. The lowest BCUT2D eigenvalue weighted by molar-refractivity contribution is -0.135. The quantitative estimate of drug-likeness (QED) is 0.833. The van der Waals surface area contributed by atoms with Crippen molar-refractivity contribution >= 4 is 5.78 Å². The van der Waals surface area contributed by atoms with E-state index >= 15 is 0 Å². The number of rotatable bonds is 5. The molecule has 1 atom stereocenters. The van der Waals surface area contributed by atoms with Gasteiger partial charge >= 0.3 is 0 Å². The van der Waals surface area contributed by atoms with Gasteiger partial charge in [-0.05, 0) is 48.9 Å². The lowest BCUT2D eigenvalue weighted by Gasteiger charge is -2.31. The van der Waals surface area contributed by atoms with Gasteiger partial charge in [0, 0.05) is 19.5 Å². The first kappa shape index (κ1) is 14.7. The zero-order chi connectivity index (χ0) is 14.7. The topological polar surface area (TPSA) is 29.5 Å². The molecule has 0 radical (unpaired) electrons. The zero-order valence-corrected chi connectivity index (χ0v) is 12.9. The van der Waals surface area contributed by atoms with Crippen LogP contribution in [0.3, 0.4) is 0 Å². The van der Waals surface area contributed by atoms with Gasteiger partial charge in [0.05, 0.1) is 6.61 Å². The normalized spacial score (nSPS) is 22.2. The van der Waals surface area contributed by atoms with Crippen LogP contribution >= 0.6 is 0 Å². The fourth-order valence-electron chi connectivity index (χ4n) is 3.47. The molecule has 0 saturated carbocycles. The molecular formula is C18H25NO2. The Hall–Kier alpha value is -1.19. The first-order valence-corrected chi connectivity index (χ1v) is 8.23. The highest BCUT2D eigenvalue weighted by Crippen LogP contribution is 2.23. The summed E-state index contributed by atoms with van der Waals surface area (Å²) in [5, 5.41) is 0. The van der Waals surface area contributed by atoms with Gasteiger partial charge in [-0.1, -0.05) is 25.1 Å². The molecule has 3 heteroatoms. The van der Waals surface area contributed by atoms with Crippen molar-refractivity contribution < 1.29 is 9.53 Å². The molecule has 0 aromatic heterocycles. The highest BCUT2D eigenvalue weighted by Gasteiger charge is 2.26. The summed E-state index contributed by atoms with van der Waals surface area (Å²) in [6.07, 6.45) is 5.02. The summed E-state index contributed by atoms with van der Waals surface area (Å²) >= 11 is 0. The average Bonchev–Trinajstić information content (AvgIpc) is 2.95. The zero-order valence-electron chi connectivity index (χ0n) is 12.9. The molecule has 1 fully saturated rings. The van der Waals surface area contributed by atoms with Crippen LogP contribution in [0.4, 0.5) is 0 Å². The highest BCUT2D eigenvalue weighted by molar-refractivity contribution is 5.85.